The number of amides is 1. The minimum atomic E-state index is -3.99. The quantitative estimate of drug-likeness (QED) is 0.538. The van der Waals surface area contributed by atoms with Crippen molar-refractivity contribution in [1.29, 1.82) is 0 Å². The van der Waals surface area contributed by atoms with Crippen molar-refractivity contribution in [2.75, 3.05) is 11.3 Å². The summed E-state index contributed by atoms with van der Waals surface area (Å²) < 4.78 is 33.7. The van der Waals surface area contributed by atoms with Crippen LogP contribution in [0.1, 0.15) is 47.8 Å². The standard InChI is InChI=1S/C24H30N2O6S/c1-14(2)22(18(6)27)25-21(28)13-32-24(29)19-9-7-8-10-20(19)26-33(30,31)23-16(4)11-15(3)12-17(23)5/h7-12,14,22,26H,13H2,1-6H3,(H,25,28)/t22-/m0/s1. The zero-order valence-corrected chi connectivity index (χ0v) is 20.5. The number of ether oxygens (including phenoxy) is 1. The van der Waals surface area contributed by atoms with Crippen LogP contribution >= 0.6 is 0 Å². The number of rotatable bonds is 9. The van der Waals surface area contributed by atoms with E-state index >= 15 is 0 Å². The van der Waals surface area contributed by atoms with Crippen molar-refractivity contribution in [3.05, 3.63) is 58.7 Å². The van der Waals surface area contributed by atoms with Crippen LogP contribution in [0.5, 0.6) is 0 Å². The highest BCUT2D eigenvalue weighted by Gasteiger charge is 2.24. The minimum Gasteiger partial charge on any atom is -0.452 e. The molecule has 0 aliphatic carbocycles. The van der Waals surface area contributed by atoms with Gasteiger partial charge in [0.2, 0.25) is 0 Å². The molecule has 2 aromatic rings. The SMILES string of the molecule is CC(=O)[C@@H](NC(=O)COC(=O)c1ccccc1NS(=O)(=O)c1c(C)cc(C)cc1C)C(C)C. The second-order valence-electron chi connectivity index (χ2n) is 8.35. The van der Waals surface area contributed by atoms with Gasteiger partial charge in [-0.05, 0) is 56.9 Å². The predicted molar refractivity (Wildman–Crippen MR) is 126 cm³/mol. The maximum Gasteiger partial charge on any atom is 0.340 e. The van der Waals surface area contributed by atoms with Crippen molar-refractivity contribution < 1.29 is 27.5 Å². The molecule has 2 N–H and O–H groups in total. The largest absolute Gasteiger partial charge is 0.452 e. The first-order valence-corrected chi connectivity index (χ1v) is 12.0. The number of Topliss-reactive ketones (excluding diaryl/α,β-unsaturated/α-hetero) is 1. The fourth-order valence-electron chi connectivity index (χ4n) is 3.70. The molecule has 33 heavy (non-hydrogen) atoms. The molecule has 0 aliphatic rings. The summed E-state index contributed by atoms with van der Waals surface area (Å²) >= 11 is 0. The number of anilines is 1. The third kappa shape index (κ3) is 6.64. The lowest BCUT2D eigenvalue weighted by atomic mass is 10.0. The van der Waals surface area contributed by atoms with Crippen LogP contribution in [-0.2, 0) is 24.3 Å². The highest BCUT2D eigenvalue weighted by molar-refractivity contribution is 7.92. The summed E-state index contributed by atoms with van der Waals surface area (Å²) in [5.41, 5.74) is 2.11. The Hall–Kier alpha value is -3.20. The number of esters is 1. The fraction of sp³-hybridized carbons (Fsp3) is 0.375. The van der Waals surface area contributed by atoms with Gasteiger partial charge in [0.25, 0.3) is 15.9 Å². The van der Waals surface area contributed by atoms with Crippen molar-refractivity contribution in [3.8, 4) is 0 Å². The van der Waals surface area contributed by atoms with Gasteiger partial charge in [0.05, 0.1) is 22.2 Å². The van der Waals surface area contributed by atoms with Gasteiger partial charge in [0.1, 0.15) is 0 Å². The van der Waals surface area contributed by atoms with E-state index in [1.54, 1.807) is 52.0 Å². The first kappa shape index (κ1) is 26.1. The lowest BCUT2D eigenvalue weighted by molar-refractivity contribution is -0.129. The molecule has 2 aromatic carbocycles. The molecular weight excluding hydrogens is 444 g/mol. The number of benzene rings is 2. The molecule has 8 nitrogen and oxygen atoms in total. The second-order valence-corrected chi connectivity index (χ2v) is 9.97. The van der Waals surface area contributed by atoms with Crippen molar-refractivity contribution in [1.82, 2.24) is 5.32 Å². The number of aryl methyl sites for hydroxylation is 3. The van der Waals surface area contributed by atoms with Crippen LogP contribution in [0.25, 0.3) is 0 Å². The third-order valence-electron chi connectivity index (χ3n) is 5.02. The Morgan fingerprint density at radius 3 is 2.12 bits per heavy atom. The van der Waals surface area contributed by atoms with E-state index in [4.69, 9.17) is 4.74 Å². The molecule has 178 valence electrons. The number of hydrogen-bond donors (Lipinski definition) is 2. The Labute approximate surface area is 194 Å². The average Bonchev–Trinajstić information content (AvgIpc) is 2.68. The minimum absolute atomic E-state index is 0.0334. The van der Waals surface area contributed by atoms with Gasteiger partial charge < -0.3 is 10.1 Å². The average molecular weight is 475 g/mol. The van der Waals surface area contributed by atoms with Gasteiger partial charge in [-0.15, -0.1) is 0 Å². The second kappa shape index (κ2) is 10.6. The summed E-state index contributed by atoms with van der Waals surface area (Å²) in [6, 6.07) is 8.84. The van der Waals surface area contributed by atoms with Crippen LogP contribution in [0.3, 0.4) is 0 Å². The van der Waals surface area contributed by atoms with E-state index in [1.165, 1.54) is 19.1 Å². The summed E-state index contributed by atoms with van der Waals surface area (Å²) in [4.78, 5) is 36.6. The highest BCUT2D eigenvalue weighted by atomic mass is 32.2. The topological polar surface area (TPSA) is 119 Å². The molecule has 0 bridgehead atoms. The number of carbonyl (C=O) groups excluding carboxylic acids is 3. The van der Waals surface area contributed by atoms with Gasteiger partial charge in [-0.3, -0.25) is 14.3 Å². The monoisotopic (exact) mass is 474 g/mol. The van der Waals surface area contributed by atoms with Gasteiger partial charge in [0, 0.05) is 0 Å². The summed E-state index contributed by atoms with van der Waals surface area (Å²) in [5.74, 6) is -1.82. The van der Waals surface area contributed by atoms with Crippen LogP contribution < -0.4 is 10.0 Å². The fourth-order valence-corrected chi connectivity index (χ4v) is 5.23. The van der Waals surface area contributed by atoms with Crippen molar-refractivity contribution >= 4 is 33.4 Å². The first-order chi connectivity index (χ1) is 15.3. The number of hydrogen-bond acceptors (Lipinski definition) is 6. The van der Waals surface area contributed by atoms with Gasteiger partial charge in [-0.2, -0.15) is 0 Å². The molecule has 0 saturated carbocycles. The van der Waals surface area contributed by atoms with Gasteiger partial charge in [-0.1, -0.05) is 43.7 Å². The van der Waals surface area contributed by atoms with E-state index in [1.807, 2.05) is 6.92 Å². The van der Waals surface area contributed by atoms with Crippen LogP contribution in [0, 0.1) is 26.7 Å². The van der Waals surface area contributed by atoms with Crippen molar-refractivity contribution in [2.24, 2.45) is 5.92 Å². The van der Waals surface area contributed by atoms with Crippen molar-refractivity contribution in [2.45, 2.75) is 52.5 Å². The van der Waals surface area contributed by atoms with Crippen LogP contribution in [0.15, 0.2) is 41.3 Å². The summed E-state index contributed by atoms with van der Waals surface area (Å²) in [5, 5.41) is 2.54. The van der Waals surface area contributed by atoms with Crippen molar-refractivity contribution in [3.63, 3.8) is 0 Å². The summed E-state index contributed by atoms with van der Waals surface area (Å²) in [6.45, 7) is 9.64. The summed E-state index contributed by atoms with van der Waals surface area (Å²) in [6.07, 6.45) is 0. The maximum atomic E-state index is 13.1. The smallest absolute Gasteiger partial charge is 0.340 e. The number of sulfonamides is 1. The zero-order chi connectivity index (χ0) is 24.9. The first-order valence-electron chi connectivity index (χ1n) is 10.5. The van der Waals surface area contributed by atoms with Gasteiger partial charge >= 0.3 is 5.97 Å². The molecule has 0 aliphatic heterocycles. The molecule has 0 radical (unpaired) electrons. The Morgan fingerprint density at radius 1 is 1.00 bits per heavy atom. The molecule has 1 atom stereocenters. The molecule has 9 heteroatoms. The number of para-hydroxylation sites is 1. The lowest BCUT2D eigenvalue weighted by Gasteiger charge is -2.19. The van der Waals surface area contributed by atoms with E-state index < -0.39 is 34.5 Å². The zero-order valence-electron chi connectivity index (χ0n) is 19.7. The summed E-state index contributed by atoms with van der Waals surface area (Å²) in [7, 11) is -3.99. The van der Waals surface area contributed by atoms with E-state index in [0.29, 0.717) is 11.1 Å². The Kier molecular flexibility index (Phi) is 8.38. The number of nitrogens with one attached hydrogen (secondary N) is 2. The van der Waals surface area contributed by atoms with E-state index in [2.05, 4.69) is 10.0 Å². The van der Waals surface area contributed by atoms with Gasteiger partial charge in [-0.25, -0.2) is 13.2 Å². The molecular formula is C24H30N2O6S. The molecule has 0 heterocycles. The predicted octanol–water partition coefficient (Wildman–Crippen LogP) is 3.30. The lowest BCUT2D eigenvalue weighted by Crippen LogP contribution is -2.45. The highest BCUT2D eigenvalue weighted by Crippen LogP contribution is 2.26. The molecule has 0 fully saturated rings. The van der Waals surface area contributed by atoms with E-state index in [-0.39, 0.29) is 27.8 Å². The van der Waals surface area contributed by atoms with E-state index in [0.717, 1.165) is 5.56 Å². The number of ketones is 1. The molecule has 0 saturated heterocycles. The number of carbonyl (C=O) groups is 3. The van der Waals surface area contributed by atoms with Gasteiger partial charge in [0.15, 0.2) is 12.4 Å². The molecule has 1 amide bonds. The molecule has 0 aromatic heterocycles. The molecule has 2 rings (SSSR count). The Balaban J connectivity index is 2.19. The van der Waals surface area contributed by atoms with Crippen LogP contribution in [-0.4, -0.2) is 38.7 Å². The molecule has 0 unspecified atom stereocenters. The third-order valence-corrected chi connectivity index (χ3v) is 6.69. The Bertz CT molecular complexity index is 1150. The van der Waals surface area contributed by atoms with E-state index in [9.17, 15) is 22.8 Å². The molecule has 0 spiro atoms. The maximum absolute atomic E-state index is 13.1. The van der Waals surface area contributed by atoms with Crippen LogP contribution in [0.4, 0.5) is 5.69 Å². The normalized spacial score (nSPS) is 12.2. The van der Waals surface area contributed by atoms with Crippen LogP contribution in [0.2, 0.25) is 0 Å². The Morgan fingerprint density at radius 2 is 1.58 bits per heavy atom.